The van der Waals surface area contributed by atoms with Crippen molar-refractivity contribution in [1.29, 1.82) is 5.26 Å². The van der Waals surface area contributed by atoms with E-state index in [4.69, 9.17) is 4.42 Å². The molecular formula is C21H20FN5O4S2. The minimum atomic E-state index is -3.08. The van der Waals surface area contributed by atoms with E-state index in [0.717, 1.165) is 11.8 Å². The number of rotatable bonds is 6. The summed E-state index contributed by atoms with van der Waals surface area (Å²) in [7, 11) is -3.08. The Kier molecular flexibility index (Phi) is 6.27. The molecular weight excluding hydrogens is 469 g/mol. The van der Waals surface area contributed by atoms with Crippen LogP contribution in [-0.2, 0) is 14.6 Å². The third kappa shape index (κ3) is 4.79. The predicted molar refractivity (Wildman–Crippen MR) is 120 cm³/mol. The van der Waals surface area contributed by atoms with Crippen LogP contribution in [0.3, 0.4) is 0 Å². The van der Waals surface area contributed by atoms with E-state index in [9.17, 15) is 22.9 Å². The van der Waals surface area contributed by atoms with Gasteiger partial charge in [-0.2, -0.15) is 5.26 Å². The van der Waals surface area contributed by atoms with Gasteiger partial charge in [0, 0.05) is 5.69 Å². The molecule has 0 unspecified atom stereocenters. The van der Waals surface area contributed by atoms with Crippen LogP contribution in [-0.4, -0.2) is 46.3 Å². The molecule has 2 aromatic heterocycles. The smallest absolute Gasteiger partial charge is 0.277 e. The summed E-state index contributed by atoms with van der Waals surface area (Å²) in [6.45, 7) is 3.55. The molecule has 1 amide bonds. The Morgan fingerprint density at radius 3 is 2.85 bits per heavy atom. The highest BCUT2D eigenvalue weighted by Crippen LogP contribution is 2.32. The Balaban J connectivity index is 1.49. The lowest BCUT2D eigenvalue weighted by Gasteiger charge is -2.13. The number of nitriles is 1. The van der Waals surface area contributed by atoms with Gasteiger partial charge in [0.15, 0.2) is 9.84 Å². The van der Waals surface area contributed by atoms with Gasteiger partial charge < -0.3 is 9.73 Å². The van der Waals surface area contributed by atoms with E-state index in [2.05, 4.69) is 21.6 Å². The molecule has 1 N–H and O–H groups in total. The number of thioether (sulfide) groups is 1. The van der Waals surface area contributed by atoms with Gasteiger partial charge in [0.2, 0.25) is 11.8 Å². The summed E-state index contributed by atoms with van der Waals surface area (Å²) in [6.07, 6.45) is 0.432. The fraction of sp³-hybridized carbons (Fsp3) is 0.333. The quantitative estimate of drug-likeness (QED) is 0.523. The van der Waals surface area contributed by atoms with Gasteiger partial charge in [-0.05, 0) is 44.0 Å². The van der Waals surface area contributed by atoms with Gasteiger partial charge in [-0.1, -0.05) is 17.8 Å². The average Bonchev–Trinajstić information content (AvgIpc) is 3.44. The van der Waals surface area contributed by atoms with E-state index in [1.54, 1.807) is 30.5 Å². The van der Waals surface area contributed by atoms with Crippen LogP contribution in [0, 0.1) is 31.0 Å². The summed E-state index contributed by atoms with van der Waals surface area (Å²) in [6, 6.07) is 7.97. The molecule has 0 spiro atoms. The Hall–Kier alpha value is -3.17. The van der Waals surface area contributed by atoms with Gasteiger partial charge in [-0.25, -0.2) is 12.8 Å². The van der Waals surface area contributed by atoms with Gasteiger partial charge >= 0.3 is 0 Å². The SMILES string of the molecule is Cc1c(C#N)c(NC(=O)CSc2nnc([C@H]3CCS(=O)(=O)C3)o2)n(-c2cccc(F)c2)c1C. The standard InChI is InChI=1S/C21H20FN5O4S2/c1-12-13(2)27(16-5-3-4-15(22)8-16)19(17(12)9-23)24-18(28)10-32-21-26-25-20(31-21)14-6-7-33(29,30)11-14/h3-5,8,14H,6-7,10-11H2,1-2H3,(H,24,28)/t14-/m0/s1. The lowest BCUT2D eigenvalue weighted by molar-refractivity contribution is -0.113. The first kappa shape index (κ1) is 23.0. The number of nitrogens with zero attached hydrogens (tertiary/aromatic N) is 4. The highest BCUT2D eigenvalue weighted by molar-refractivity contribution is 7.99. The van der Waals surface area contributed by atoms with Crippen LogP contribution in [0.25, 0.3) is 5.69 Å². The first-order valence-corrected chi connectivity index (χ1v) is 12.8. The van der Waals surface area contributed by atoms with E-state index >= 15 is 0 Å². The summed E-state index contributed by atoms with van der Waals surface area (Å²) < 4.78 is 44.3. The second-order valence-electron chi connectivity index (χ2n) is 7.70. The lowest BCUT2D eigenvalue weighted by Crippen LogP contribution is -2.17. The fourth-order valence-corrected chi connectivity index (χ4v) is 6.03. The number of aromatic nitrogens is 3. The molecule has 3 heterocycles. The molecule has 12 heteroatoms. The summed E-state index contributed by atoms with van der Waals surface area (Å²) in [5, 5.41) is 20.3. The van der Waals surface area contributed by atoms with Crippen LogP contribution in [0.4, 0.5) is 10.2 Å². The zero-order valence-corrected chi connectivity index (χ0v) is 19.5. The Bertz CT molecular complexity index is 1370. The van der Waals surface area contributed by atoms with Gasteiger partial charge in [0.05, 0.1) is 34.4 Å². The van der Waals surface area contributed by atoms with Gasteiger partial charge in [-0.15, -0.1) is 10.2 Å². The van der Waals surface area contributed by atoms with Crippen LogP contribution in [0.1, 0.15) is 35.1 Å². The third-order valence-electron chi connectivity index (χ3n) is 5.48. The van der Waals surface area contributed by atoms with Crippen molar-refractivity contribution >= 4 is 33.3 Å². The number of benzene rings is 1. The summed E-state index contributed by atoms with van der Waals surface area (Å²) in [5.74, 6) is -0.696. The molecule has 0 saturated carbocycles. The second kappa shape index (κ2) is 8.99. The molecule has 33 heavy (non-hydrogen) atoms. The Morgan fingerprint density at radius 1 is 1.39 bits per heavy atom. The lowest BCUT2D eigenvalue weighted by atomic mass is 10.1. The minimum Gasteiger partial charge on any atom is -0.416 e. The molecule has 4 rings (SSSR count). The van der Waals surface area contributed by atoms with Crippen LogP contribution < -0.4 is 5.32 Å². The van der Waals surface area contributed by atoms with Crippen molar-refractivity contribution in [3.8, 4) is 11.8 Å². The molecule has 9 nitrogen and oxygen atoms in total. The molecule has 1 aliphatic heterocycles. The van der Waals surface area contributed by atoms with Crippen molar-refractivity contribution in [2.75, 3.05) is 22.6 Å². The number of nitrogens with one attached hydrogen (secondary N) is 1. The number of carbonyl (C=O) groups is 1. The molecule has 1 aromatic carbocycles. The maximum atomic E-state index is 13.8. The number of hydrogen-bond acceptors (Lipinski definition) is 8. The largest absolute Gasteiger partial charge is 0.416 e. The number of amides is 1. The molecule has 3 aromatic rings. The van der Waals surface area contributed by atoms with Crippen LogP contribution >= 0.6 is 11.8 Å². The first-order valence-electron chi connectivity index (χ1n) is 10.0. The maximum absolute atomic E-state index is 13.8. The summed E-state index contributed by atoms with van der Waals surface area (Å²) in [4.78, 5) is 12.7. The minimum absolute atomic E-state index is 0.0213. The molecule has 0 bridgehead atoms. The monoisotopic (exact) mass is 489 g/mol. The fourth-order valence-electron chi connectivity index (χ4n) is 3.73. The van der Waals surface area contributed by atoms with Crippen LogP contribution in [0.5, 0.6) is 0 Å². The van der Waals surface area contributed by atoms with E-state index in [1.807, 2.05) is 0 Å². The number of anilines is 1. The highest BCUT2D eigenvalue weighted by Gasteiger charge is 2.33. The van der Waals surface area contributed by atoms with Crippen molar-refractivity contribution in [1.82, 2.24) is 14.8 Å². The normalized spacial score (nSPS) is 17.1. The molecule has 0 aliphatic carbocycles. The molecule has 1 atom stereocenters. The van der Waals surface area contributed by atoms with E-state index in [-0.39, 0.29) is 45.7 Å². The maximum Gasteiger partial charge on any atom is 0.277 e. The average molecular weight is 490 g/mol. The molecule has 1 saturated heterocycles. The number of carbonyl (C=O) groups excluding carboxylic acids is 1. The number of halogens is 1. The molecule has 1 aliphatic rings. The van der Waals surface area contributed by atoms with Crippen molar-refractivity contribution in [3.63, 3.8) is 0 Å². The first-order chi connectivity index (χ1) is 15.7. The number of hydrogen-bond donors (Lipinski definition) is 1. The Labute approximate surface area is 193 Å². The van der Waals surface area contributed by atoms with E-state index in [1.165, 1.54) is 12.1 Å². The van der Waals surface area contributed by atoms with Crippen molar-refractivity contribution < 1.29 is 22.0 Å². The van der Waals surface area contributed by atoms with Gasteiger partial charge in [-0.3, -0.25) is 9.36 Å². The van der Waals surface area contributed by atoms with Crippen LogP contribution in [0.15, 0.2) is 33.9 Å². The molecule has 172 valence electrons. The van der Waals surface area contributed by atoms with Crippen LogP contribution in [0.2, 0.25) is 0 Å². The summed E-state index contributed by atoms with van der Waals surface area (Å²) >= 11 is 1.00. The highest BCUT2D eigenvalue weighted by atomic mass is 32.2. The Morgan fingerprint density at radius 2 is 2.18 bits per heavy atom. The van der Waals surface area contributed by atoms with Crippen molar-refractivity contribution in [2.24, 2.45) is 0 Å². The van der Waals surface area contributed by atoms with Gasteiger partial charge in [0.25, 0.3) is 5.22 Å². The second-order valence-corrected chi connectivity index (χ2v) is 10.9. The molecule has 1 fully saturated rings. The van der Waals surface area contributed by atoms with E-state index in [0.29, 0.717) is 23.4 Å². The van der Waals surface area contributed by atoms with Crippen molar-refractivity contribution in [2.45, 2.75) is 31.4 Å². The topological polar surface area (TPSA) is 131 Å². The summed E-state index contributed by atoms with van der Waals surface area (Å²) in [5.41, 5.74) is 2.15. The zero-order valence-electron chi connectivity index (χ0n) is 17.8. The number of sulfone groups is 1. The zero-order chi connectivity index (χ0) is 23.8. The third-order valence-corrected chi connectivity index (χ3v) is 8.07. The van der Waals surface area contributed by atoms with E-state index < -0.39 is 21.6 Å². The van der Waals surface area contributed by atoms with Gasteiger partial charge in [0.1, 0.15) is 17.7 Å². The van der Waals surface area contributed by atoms with Crippen molar-refractivity contribution in [3.05, 3.63) is 52.8 Å². The predicted octanol–water partition coefficient (Wildman–Crippen LogP) is 3.12. The molecule has 0 radical (unpaired) electrons.